The molecule has 0 aliphatic rings. The zero-order chi connectivity index (χ0) is 15.5. The zero-order valence-corrected chi connectivity index (χ0v) is 12.9. The van der Waals surface area contributed by atoms with Crippen molar-refractivity contribution in [2.45, 2.75) is 19.2 Å². The number of hydrogen-bond donors (Lipinski definition) is 0. The third-order valence-electron chi connectivity index (χ3n) is 3.39. The van der Waals surface area contributed by atoms with E-state index in [9.17, 15) is 12.8 Å². The molecule has 0 aromatic heterocycles. The molecule has 0 saturated heterocycles. The maximum Gasteiger partial charge on any atom is 0.218 e. The fourth-order valence-electron chi connectivity index (χ4n) is 2.03. The number of halogens is 1. The van der Waals surface area contributed by atoms with E-state index in [0.29, 0.717) is 12.1 Å². The number of nitrogens with zero attached hydrogens (tertiary/aromatic N) is 1. The molecule has 0 atom stereocenters. The molecule has 0 N–H and O–H groups in total. The van der Waals surface area contributed by atoms with Crippen LogP contribution in [0.1, 0.15) is 16.7 Å². The molecule has 2 aromatic rings. The molecule has 0 spiro atoms. The van der Waals surface area contributed by atoms with Crippen LogP contribution >= 0.6 is 0 Å². The highest BCUT2D eigenvalue weighted by molar-refractivity contribution is 7.88. The van der Waals surface area contributed by atoms with Crippen molar-refractivity contribution in [3.63, 3.8) is 0 Å². The summed E-state index contributed by atoms with van der Waals surface area (Å²) in [5, 5.41) is 0. The van der Waals surface area contributed by atoms with Gasteiger partial charge in [0.15, 0.2) is 0 Å². The van der Waals surface area contributed by atoms with Crippen LogP contribution in [0.3, 0.4) is 0 Å². The molecule has 0 aliphatic heterocycles. The Morgan fingerprint density at radius 3 is 2.29 bits per heavy atom. The molecule has 3 nitrogen and oxygen atoms in total. The van der Waals surface area contributed by atoms with E-state index in [1.54, 1.807) is 7.05 Å². The molecular formula is C16H18FNO2S. The van der Waals surface area contributed by atoms with Gasteiger partial charge in [0, 0.05) is 13.6 Å². The summed E-state index contributed by atoms with van der Waals surface area (Å²) in [6, 6.07) is 13.2. The maximum absolute atomic E-state index is 12.9. The fraction of sp³-hybridized carbons (Fsp3) is 0.250. The van der Waals surface area contributed by atoms with Crippen LogP contribution in [-0.4, -0.2) is 19.8 Å². The SMILES string of the molecule is Cc1ccccc1CN(C)S(=O)(=O)Cc1ccc(F)cc1. The Kier molecular flexibility index (Phi) is 4.75. The van der Waals surface area contributed by atoms with Gasteiger partial charge in [-0.05, 0) is 35.7 Å². The lowest BCUT2D eigenvalue weighted by atomic mass is 10.1. The normalized spacial score (nSPS) is 11.8. The Balaban J connectivity index is 2.12. The standard InChI is InChI=1S/C16H18FNO2S/c1-13-5-3-4-6-15(13)11-18(2)21(19,20)12-14-7-9-16(17)10-8-14/h3-10H,11-12H2,1-2H3. The van der Waals surface area contributed by atoms with Crippen LogP contribution in [0.4, 0.5) is 4.39 Å². The first-order valence-electron chi connectivity index (χ1n) is 6.61. The third-order valence-corrected chi connectivity index (χ3v) is 5.17. The average Bonchev–Trinajstić information content (AvgIpc) is 2.43. The number of hydrogen-bond acceptors (Lipinski definition) is 2. The molecule has 21 heavy (non-hydrogen) atoms. The monoisotopic (exact) mass is 307 g/mol. The molecule has 0 unspecified atom stereocenters. The summed E-state index contributed by atoms with van der Waals surface area (Å²) in [6.45, 7) is 2.28. The minimum absolute atomic E-state index is 0.129. The molecule has 0 aliphatic carbocycles. The Labute approximate surface area is 125 Å². The first-order chi connectivity index (χ1) is 9.88. The lowest BCUT2D eigenvalue weighted by molar-refractivity contribution is 0.465. The molecule has 0 heterocycles. The van der Waals surface area contributed by atoms with Crippen molar-refractivity contribution in [1.29, 1.82) is 0 Å². The van der Waals surface area contributed by atoms with Gasteiger partial charge in [-0.25, -0.2) is 17.1 Å². The summed E-state index contributed by atoms with van der Waals surface area (Å²) < 4.78 is 38.8. The Morgan fingerprint density at radius 2 is 1.67 bits per heavy atom. The molecule has 2 rings (SSSR count). The van der Waals surface area contributed by atoms with Crippen molar-refractivity contribution in [1.82, 2.24) is 4.31 Å². The van der Waals surface area contributed by atoms with E-state index in [0.717, 1.165) is 11.1 Å². The van der Waals surface area contributed by atoms with Crippen molar-refractivity contribution in [2.75, 3.05) is 7.05 Å². The van der Waals surface area contributed by atoms with Crippen LogP contribution in [0.5, 0.6) is 0 Å². The van der Waals surface area contributed by atoms with Crippen LogP contribution in [-0.2, 0) is 22.3 Å². The van der Waals surface area contributed by atoms with Gasteiger partial charge in [0.1, 0.15) is 5.82 Å². The van der Waals surface area contributed by atoms with E-state index >= 15 is 0 Å². The van der Waals surface area contributed by atoms with E-state index in [1.165, 1.54) is 28.6 Å². The summed E-state index contributed by atoms with van der Waals surface area (Å²) >= 11 is 0. The van der Waals surface area contributed by atoms with E-state index in [4.69, 9.17) is 0 Å². The summed E-state index contributed by atoms with van der Waals surface area (Å²) in [6.07, 6.45) is 0. The molecular weight excluding hydrogens is 289 g/mol. The zero-order valence-electron chi connectivity index (χ0n) is 12.1. The van der Waals surface area contributed by atoms with Gasteiger partial charge in [0.05, 0.1) is 5.75 Å². The highest BCUT2D eigenvalue weighted by Gasteiger charge is 2.19. The smallest absolute Gasteiger partial charge is 0.212 e. The van der Waals surface area contributed by atoms with Gasteiger partial charge < -0.3 is 0 Å². The second kappa shape index (κ2) is 6.37. The summed E-state index contributed by atoms with van der Waals surface area (Å²) in [5.74, 6) is -0.500. The summed E-state index contributed by atoms with van der Waals surface area (Å²) in [4.78, 5) is 0. The van der Waals surface area contributed by atoms with Crippen molar-refractivity contribution >= 4 is 10.0 Å². The summed E-state index contributed by atoms with van der Waals surface area (Å²) in [5.41, 5.74) is 2.61. The Hall–Kier alpha value is -1.72. The molecule has 112 valence electrons. The third kappa shape index (κ3) is 4.12. The average molecular weight is 307 g/mol. The number of rotatable bonds is 5. The second-order valence-corrected chi connectivity index (χ2v) is 7.14. The van der Waals surface area contributed by atoms with Crippen LogP contribution in [0.25, 0.3) is 0 Å². The van der Waals surface area contributed by atoms with Crippen molar-refractivity contribution < 1.29 is 12.8 Å². The van der Waals surface area contributed by atoms with Gasteiger partial charge in [0.2, 0.25) is 10.0 Å². The van der Waals surface area contributed by atoms with Crippen LogP contribution in [0, 0.1) is 12.7 Å². The van der Waals surface area contributed by atoms with Gasteiger partial charge >= 0.3 is 0 Å². The molecule has 0 amide bonds. The van der Waals surface area contributed by atoms with Crippen LogP contribution < -0.4 is 0 Å². The molecule has 0 bridgehead atoms. The first-order valence-corrected chi connectivity index (χ1v) is 8.22. The minimum atomic E-state index is -3.43. The van der Waals surface area contributed by atoms with Gasteiger partial charge in [-0.2, -0.15) is 0 Å². The lowest BCUT2D eigenvalue weighted by Crippen LogP contribution is -2.28. The lowest BCUT2D eigenvalue weighted by Gasteiger charge is -2.18. The maximum atomic E-state index is 12.9. The Morgan fingerprint density at radius 1 is 1.05 bits per heavy atom. The largest absolute Gasteiger partial charge is 0.218 e. The van der Waals surface area contributed by atoms with Gasteiger partial charge in [0.25, 0.3) is 0 Å². The highest BCUT2D eigenvalue weighted by atomic mass is 32.2. The van der Waals surface area contributed by atoms with Gasteiger partial charge in [-0.15, -0.1) is 0 Å². The van der Waals surface area contributed by atoms with E-state index in [2.05, 4.69) is 0 Å². The minimum Gasteiger partial charge on any atom is -0.212 e. The quantitative estimate of drug-likeness (QED) is 0.851. The van der Waals surface area contributed by atoms with Crippen LogP contribution in [0.2, 0.25) is 0 Å². The predicted molar refractivity (Wildman–Crippen MR) is 81.7 cm³/mol. The van der Waals surface area contributed by atoms with E-state index in [1.807, 2.05) is 31.2 Å². The molecule has 0 saturated carbocycles. The predicted octanol–water partition coefficient (Wildman–Crippen LogP) is 3.10. The molecule has 0 fully saturated rings. The molecule has 2 aromatic carbocycles. The number of sulfonamides is 1. The van der Waals surface area contributed by atoms with E-state index in [-0.39, 0.29) is 11.6 Å². The second-order valence-electron chi connectivity index (χ2n) is 5.07. The number of benzene rings is 2. The first kappa shape index (κ1) is 15.7. The van der Waals surface area contributed by atoms with Crippen molar-refractivity contribution in [3.05, 3.63) is 71.0 Å². The van der Waals surface area contributed by atoms with Crippen molar-refractivity contribution in [3.8, 4) is 0 Å². The van der Waals surface area contributed by atoms with Gasteiger partial charge in [-0.1, -0.05) is 36.4 Å². The Bertz CT molecular complexity index is 711. The van der Waals surface area contributed by atoms with Gasteiger partial charge in [-0.3, -0.25) is 0 Å². The van der Waals surface area contributed by atoms with Crippen LogP contribution in [0.15, 0.2) is 48.5 Å². The van der Waals surface area contributed by atoms with E-state index < -0.39 is 10.0 Å². The summed E-state index contributed by atoms with van der Waals surface area (Å²) in [7, 11) is -1.87. The molecule has 0 radical (unpaired) electrons. The fourth-order valence-corrected chi connectivity index (χ4v) is 3.20. The molecule has 5 heteroatoms. The van der Waals surface area contributed by atoms with Crippen molar-refractivity contribution in [2.24, 2.45) is 0 Å². The number of aryl methyl sites for hydroxylation is 1. The topological polar surface area (TPSA) is 37.4 Å². The highest BCUT2D eigenvalue weighted by Crippen LogP contribution is 2.15.